The molecule has 2 amide bonds. The van der Waals surface area contributed by atoms with Crippen LogP contribution in [0.5, 0.6) is 0 Å². The molecular weight excluding hydrogens is 382 g/mol. The molecule has 0 radical (unpaired) electrons. The molecule has 2 aliphatic rings. The van der Waals surface area contributed by atoms with Crippen molar-refractivity contribution in [3.05, 3.63) is 77.4 Å². The molecule has 30 heavy (non-hydrogen) atoms. The number of urea groups is 1. The van der Waals surface area contributed by atoms with E-state index in [1.54, 1.807) is 19.1 Å². The molecule has 7 nitrogen and oxygen atoms in total. The molecule has 2 aromatic rings. The minimum atomic E-state index is -0.664. The van der Waals surface area contributed by atoms with Gasteiger partial charge in [0, 0.05) is 6.42 Å². The second-order valence-electron chi connectivity index (χ2n) is 7.39. The average Bonchev–Trinajstić information content (AvgIpc) is 3.29. The summed E-state index contributed by atoms with van der Waals surface area (Å²) in [6.45, 7) is 4.28. The van der Waals surface area contributed by atoms with Crippen molar-refractivity contribution in [2.24, 2.45) is 0 Å². The lowest BCUT2D eigenvalue weighted by Gasteiger charge is -2.30. The Kier molecular flexibility index (Phi) is 5.99. The molecule has 0 aliphatic carbocycles. The van der Waals surface area contributed by atoms with Crippen molar-refractivity contribution in [3.63, 3.8) is 0 Å². The van der Waals surface area contributed by atoms with Crippen molar-refractivity contribution >= 4 is 17.6 Å². The molecular formula is C23H26N3O4+. The first kappa shape index (κ1) is 20.0. The standard InChI is InChI=1S/C23H25N3O4/c1-2-29-22(27)20-18(24-23(28)25-21(20)19-9-6-14-30-19)15-26-12-10-17(11-13-26)16-7-4-3-5-8-16/h3-10,14,21H,2,11-13,15H2,1H3,(H2,24,25,28)/p+1/t21-/m1/s1. The summed E-state index contributed by atoms with van der Waals surface area (Å²) in [4.78, 5) is 26.3. The Morgan fingerprint density at radius 2 is 2.07 bits per heavy atom. The van der Waals surface area contributed by atoms with E-state index < -0.39 is 12.0 Å². The number of carbonyl (C=O) groups excluding carboxylic acids is 2. The summed E-state index contributed by atoms with van der Waals surface area (Å²) in [5, 5.41) is 5.61. The van der Waals surface area contributed by atoms with E-state index in [9.17, 15) is 9.59 Å². The monoisotopic (exact) mass is 408 g/mol. The maximum absolute atomic E-state index is 12.8. The van der Waals surface area contributed by atoms with Gasteiger partial charge in [-0.2, -0.15) is 0 Å². The number of furan rings is 1. The van der Waals surface area contributed by atoms with Crippen LogP contribution in [-0.4, -0.2) is 38.2 Å². The lowest BCUT2D eigenvalue weighted by molar-refractivity contribution is -0.890. The molecule has 1 unspecified atom stereocenters. The summed E-state index contributed by atoms with van der Waals surface area (Å²) in [7, 11) is 0. The number of amides is 2. The highest BCUT2D eigenvalue weighted by atomic mass is 16.5. The molecule has 3 heterocycles. The fourth-order valence-corrected chi connectivity index (χ4v) is 3.98. The van der Waals surface area contributed by atoms with Crippen LogP contribution in [0.15, 0.2) is 70.5 Å². The topological polar surface area (TPSA) is 85.0 Å². The molecule has 1 aromatic heterocycles. The van der Waals surface area contributed by atoms with E-state index in [4.69, 9.17) is 9.15 Å². The molecule has 2 atom stereocenters. The largest absolute Gasteiger partial charge is 0.467 e. The second-order valence-corrected chi connectivity index (χ2v) is 7.39. The third-order valence-corrected chi connectivity index (χ3v) is 5.43. The van der Waals surface area contributed by atoms with Gasteiger partial charge in [0.1, 0.15) is 18.3 Å². The highest BCUT2D eigenvalue weighted by Crippen LogP contribution is 2.27. The van der Waals surface area contributed by atoms with Gasteiger partial charge in [-0.25, -0.2) is 9.59 Å². The Morgan fingerprint density at radius 1 is 1.23 bits per heavy atom. The van der Waals surface area contributed by atoms with Gasteiger partial charge >= 0.3 is 12.0 Å². The first-order valence-corrected chi connectivity index (χ1v) is 10.2. The van der Waals surface area contributed by atoms with Crippen molar-refractivity contribution in [1.82, 2.24) is 10.6 Å². The first-order valence-electron chi connectivity index (χ1n) is 10.2. The highest BCUT2D eigenvalue weighted by Gasteiger charge is 2.36. The molecule has 0 spiro atoms. The van der Waals surface area contributed by atoms with Crippen LogP contribution in [0, 0.1) is 0 Å². The molecule has 156 valence electrons. The smallest absolute Gasteiger partial charge is 0.338 e. The zero-order valence-electron chi connectivity index (χ0n) is 16.9. The minimum Gasteiger partial charge on any atom is -0.467 e. The van der Waals surface area contributed by atoms with Crippen molar-refractivity contribution in [1.29, 1.82) is 0 Å². The number of carbonyl (C=O) groups is 2. The van der Waals surface area contributed by atoms with Crippen LogP contribution in [0.25, 0.3) is 5.57 Å². The summed E-state index contributed by atoms with van der Waals surface area (Å²) >= 11 is 0. The Morgan fingerprint density at radius 3 is 2.73 bits per heavy atom. The van der Waals surface area contributed by atoms with Gasteiger partial charge in [-0.3, -0.25) is 0 Å². The molecule has 7 heteroatoms. The van der Waals surface area contributed by atoms with E-state index in [2.05, 4.69) is 28.8 Å². The molecule has 3 N–H and O–H groups in total. The fourth-order valence-electron chi connectivity index (χ4n) is 3.98. The summed E-state index contributed by atoms with van der Waals surface area (Å²) in [5.41, 5.74) is 3.57. The van der Waals surface area contributed by atoms with Gasteiger partial charge < -0.3 is 24.7 Å². The van der Waals surface area contributed by atoms with Gasteiger partial charge in [-0.05, 0) is 36.3 Å². The van der Waals surface area contributed by atoms with Crippen LogP contribution in [0.4, 0.5) is 4.79 Å². The molecule has 0 fully saturated rings. The Labute approximate surface area is 175 Å². The lowest BCUT2D eigenvalue weighted by atomic mass is 9.97. The molecule has 4 rings (SSSR count). The van der Waals surface area contributed by atoms with Crippen molar-refractivity contribution in [2.75, 3.05) is 26.2 Å². The number of quaternary nitrogens is 1. The molecule has 2 aliphatic heterocycles. The lowest BCUT2D eigenvalue weighted by Crippen LogP contribution is -3.12. The Bertz CT molecular complexity index is 964. The van der Waals surface area contributed by atoms with Gasteiger partial charge in [0.05, 0.1) is 37.2 Å². The first-order chi connectivity index (χ1) is 14.7. The second kappa shape index (κ2) is 9.00. The van der Waals surface area contributed by atoms with Gasteiger partial charge in [0.15, 0.2) is 0 Å². The van der Waals surface area contributed by atoms with Gasteiger partial charge in [0.2, 0.25) is 0 Å². The predicted molar refractivity (Wildman–Crippen MR) is 111 cm³/mol. The fraction of sp³-hybridized carbons (Fsp3) is 0.304. The number of hydrogen-bond acceptors (Lipinski definition) is 4. The summed E-state index contributed by atoms with van der Waals surface area (Å²) in [6.07, 6.45) is 4.71. The minimum absolute atomic E-state index is 0.258. The predicted octanol–water partition coefficient (Wildman–Crippen LogP) is 1.82. The maximum Gasteiger partial charge on any atom is 0.338 e. The Hall–Kier alpha value is -3.32. The number of rotatable bonds is 6. The zero-order valence-corrected chi connectivity index (χ0v) is 16.9. The summed E-state index contributed by atoms with van der Waals surface area (Å²) < 4.78 is 10.8. The van der Waals surface area contributed by atoms with Crippen LogP contribution >= 0.6 is 0 Å². The zero-order chi connectivity index (χ0) is 20.9. The summed E-state index contributed by atoms with van der Waals surface area (Å²) in [5.74, 6) is 0.0589. The summed E-state index contributed by atoms with van der Waals surface area (Å²) in [6, 6.07) is 12.8. The van der Waals surface area contributed by atoms with E-state index in [0.29, 0.717) is 23.6 Å². The van der Waals surface area contributed by atoms with E-state index in [1.165, 1.54) is 22.3 Å². The number of ether oxygens (including phenoxy) is 1. The maximum atomic E-state index is 12.8. The van der Waals surface area contributed by atoms with Crippen LogP contribution in [0.2, 0.25) is 0 Å². The van der Waals surface area contributed by atoms with Gasteiger partial charge in [-0.1, -0.05) is 30.3 Å². The number of benzene rings is 1. The molecule has 0 saturated carbocycles. The molecule has 0 bridgehead atoms. The van der Waals surface area contributed by atoms with Crippen LogP contribution in [0.1, 0.15) is 30.7 Å². The molecule has 1 aromatic carbocycles. The van der Waals surface area contributed by atoms with Gasteiger partial charge in [0.25, 0.3) is 0 Å². The van der Waals surface area contributed by atoms with E-state index >= 15 is 0 Å². The van der Waals surface area contributed by atoms with Crippen molar-refractivity contribution < 1.29 is 23.6 Å². The average molecular weight is 408 g/mol. The molecule has 0 saturated heterocycles. The third kappa shape index (κ3) is 4.31. The van der Waals surface area contributed by atoms with Crippen molar-refractivity contribution in [2.45, 2.75) is 19.4 Å². The van der Waals surface area contributed by atoms with E-state index in [1.807, 2.05) is 18.2 Å². The van der Waals surface area contributed by atoms with Crippen LogP contribution in [0.3, 0.4) is 0 Å². The van der Waals surface area contributed by atoms with E-state index in [-0.39, 0.29) is 12.6 Å². The van der Waals surface area contributed by atoms with E-state index in [0.717, 1.165) is 19.5 Å². The third-order valence-electron chi connectivity index (χ3n) is 5.43. The quantitative estimate of drug-likeness (QED) is 0.637. The van der Waals surface area contributed by atoms with Crippen LogP contribution < -0.4 is 15.5 Å². The normalized spacial score (nSPS) is 21.5. The Balaban J connectivity index is 1.58. The number of hydrogen-bond donors (Lipinski definition) is 3. The SMILES string of the molecule is CCOC(=O)C1=C(C[NH+]2CC=C(c3ccccc3)CC2)NC(=O)N[C@@H]1c1ccco1. The number of nitrogens with one attached hydrogen (secondary N) is 3. The highest BCUT2D eigenvalue weighted by molar-refractivity contribution is 5.95. The van der Waals surface area contributed by atoms with Crippen molar-refractivity contribution in [3.8, 4) is 0 Å². The van der Waals surface area contributed by atoms with Gasteiger partial charge in [-0.15, -0.1) is 0 Å². The number of esters is 1. The van der Waals surface area contributed by atoms with Crippen LogP contribution in [-0.2, 0) is 9.53 Å².